The number of carbonyl (C=O) groups is 1. The maximum atomic E-state index is 13.5. The normalized spacial score (nSPS) is 16.5. The molecule has 7 nitrogen and oxygen atoms in total. The molecule has 0 spiro atoms. The number of halogens is 1. The summed E-state index contributed by atoms with van der Waals surface area (Å²) in [6.45, 7) is 3.85. The van der Waals surface area contributed by atoms with Crippen LogP contribution in [-0.4, -0.2) is 48.3 Å². The highest BCUT2D eigenvalue weighted by molar-refractivity contribution is 7.20. The zero-order chi connectivity index (χ0) is 23.2. The average Bonchev–Trinajstić information content (AvgIpc) is 3.56. The number of aromatic nitrogens is 5. The van der Waals surface area contributed by atoms with Gasteiger partial charge in [0.25, 0.3) is 5.91 Å². The van der Waals surface area contributed by atoms with E-state index in [-0.39, 0.29) is 17.6 Å². The SMILES string of the molecule is Cc1nn(Cc2ccc(F)cc2)c2sc(C(=O)N3CCCC(c4nnc5ccccn45)C3)cc12. The Labute approximate surface area is 199 Å². The number of thiophene rings is 1. The van der Waals surface area contributed by atoms with E-state index in [4.69, 9.17) is 0 Å². The van der Waals surface area contributed by atoms with Crippen LogP contribution in [0.25, 0.3) is 15.9 Å². The molecule has 5 heterocycles. The molecule has 1 aliphatic heterocycles. The number of benzene rings is 1. The number of hydrogen-bond acceptors (Lipinski definition) is 5. The Kier molecular flexibility index (Phi) is 5.13. The van der Waals surface area contributed by atoms with Crippen LogP contribution in [-0.2, 0) is 6.54 Å². The van der Waals surface area contributed by atoms with Crippen LogP contribution in [0.2, 0.25) is 0 Å². The predicted molar refractivity (Wildman–Crippen MR) is 129 cm³/mol. The van der Waals surface area contributed by atoms with Crippen molar-refractivity contribution < 1.29 is 9.18 Å². The van der Waals surface area contributed by atoms with Crippen LogP contribution in [0.1, 0.15) is 45.5 Å². The highest BCUT2D eigenvalue weighted by Crippen LogP contribution is 2.32. The second-order valence-electron chi connectivity index (χ2n) is 8.78. The van der Waals surface area contributed by atoms with Gasteiger partial charge in [-0.15, -0.1) is 21.5 Å². The number of amides is 1. The van der Waals surface area contributed by atoms with Crippen LogP contribution >= 0.6 is 11.3 Å². The number of rotatable bonds is 4. The monoisotopic (exact) mass is 474 g/mol. The van der Waals surface area contributed by atoms with Crippen molar-refractivity contribution in [3.05, 3.63) is 82.5 Å². The third-order valence-corrected chi connectivity index (χ3v) is 7.61. The van der Waals surface area contributed by atoms with Crippen LogP contribution in [0.3, 0.4) is 0 Å². The highest BCUT2D eigenvalue weighted by Gasteiger charge is 2.29. The van der Waals surface area contributed by atoms with Gasteiger partial charge in [-0.25, -0.2) is 4.39 Å². The fraction of sp³-hybridized carbons (Fsp3) is 0.280. The van der Waals surface area contributed by atoms with E-state index < -0.39 is 0 Å². The molecule has 0 radical (unpaired) electrons. The van der Waals surface area contributed by atoms with E-state index in [9.17, 15) is 9.18 Å². The summed E-state index contributed by atoms with van der Waals surface area (Å²) >= 11 is 1.47. The summed E-state index contributed by atoms with van der Waals surface area (Å²) in [5.41, 5.74) is 2.68. The maximum absolute atomic E-state index is 13.5. The van der Waals surface area contributed by atoms with Crippen molar-refractivity contribution in [1.29, 1.82) is 0 Å². The molecule has 1 fully saturated rings. The Balaban J connectivity index is 1.25. The Morgan fingerprint density at radius 2 is 2.03 bits per heavy atom. The lowest BCUT2D eigenvalue weighted by Gasteiger charge is -2.31. The van der Waals surface area contributed by atoms with E-state index in [0.717, 1.165) is 57.2 Å². The van der Waals surface area contributed by atoms with Crippen LogP contribution in [0.15, 0.2) is 54.7 Å². The number of carbonyl (C=O) groups excluding carboxylic acids is 1. The summed E-state index contributed by atoms with van der Waals surface area (Å²) in [6, 6.07) is 14.3. The summed E-state index contributed by atoms with van der Waals surface area (Å²) in [5, 5.41) is 14.3. The summed E-state index contributed by atoms with van der Waals surface area (Å²) in [6.07, 6.45) is 3.89. The minimum absolute atomic E-state index is 0.0486. The Morgan fingerprint density at radius 1 is 1.18 bits per heavy atom. The molecular weight excluding hydrogens is 451 g/mol. The number of nitrogens with zero attached hydrogens (tertiary/aromatic N) is 6. The molecule has 6 rings (SSSR count). The lowest BCUT2D eigenvalue weighted by atomic mass is 9.97. The molecule has 9 heteroatoms. The van der Waals surface area contributed by atoms with Gasteiger partial charge in [-0.3, -0.25) is 13.9 Å². The van der Waals surface area contributed by atoms with Crippen molar-refractivity contribution in [3.8, 4) is 0 Å². The summed E-state index contributed by atoms with van der Waals surface area (Å²) < 4.78 is 17.2. The lowest BCUT2D eigenvalue weighted by molar-refractivity contribution is 0.0709. The molecule has 0 bridgehead atoms. The van der Waals surface area contributed by atoms with Gasteiger partial charge < -0.3 is 4.90 Å². The van der Waals surface area contributed by atoms with Crippen molar-refractivity contribution in [2.75, 3.05) is 13.1 Å². The molecule has 0 aliphatic carbocycles. The predicted octanol–water partition coefficient (Wildman–Crippen LogP) is 4.66. The fourth-order valence-electron chi connectivity index (χ4n) is 4.75. The van der Waals surface area contributed by atoms with E-state index in [2.05, 4.69) is 15.3 Å². The van der Waals surface area contributed by atoms with Gasteiger partial charge in [0, 0.05) is 30.6 Å². The molecule has 172 valence electrons. The van der Waals surface area contributed by atoms with Gasteiger partial charge in [0.05, 0.1) is 17.1 Å². The van der Waals surface area contributed by atoms with Crippen molar-refractivity contribution in [2.24, 2.45) is 0 Å². The molecule has 1 saturated heterocycles. The molecular formula is C25H23FN6OS. The Morgan fingerprint density at radius 3 is 2.88 bits per heavy atom. The second kappa shape index (κ2) is 8.32. The number of pyridine rings is 1. The van der Waals surface area contributed by atoms with E-state index in [0.29, 0.717) is 13.1 Å². The standard InChI is InChI=1S/C25H23FN6OS/c1-16-20-13-21(34-25(20)32(29-16)14-17-7-9-19(26)10-8-17)24(33)30-11-4-5-18(15-30)23-28-27-22-6-2-3-12-31(22)23/h2-3,6-10,12-13,18H,4-5,11,14-15H2,1H3. The van der Waals surface area contributed by atoms with E-state index in [1.807, 2.05) is 51.4 Å². The van der Waals surface area contributed by atoms with E-state index >= 15 is 0 Å². The first-order chi connectivity index (χ1) is 16.6. The van der Waals surface area contributed by atoms with Crippen LogP contribution in [0.4, 0.5) is 4.39 Å². The van der Waals surface area contributed by atoms with Gasteiger partial charge in [-0.1, -0.05) is 18.2 Å². The van der Waals surface area contributed by atoms with Crippen LogP contribution in [0, 0.1) is 12.7 Å². The van der Waals surface area contributed by atoms with Crippen LogP contribution in [0.5, 0.6) is 0 Å². The molecule has 4 aromatic heterocycles. The minimum Gasteiger partial charge on any atom is -0.337 e. The summed E-state index contributed by atoms with van der Waals surface area (Å²) in [4.78, 5) is 17.1. The second-order valence-corrected chi connectivity index (χ2v) is 9.81. The highest BCUT2D eigenvalue weighted by atomic mass is 32.1. The number of piperidine rings is 1. The van der Waals surface area contributed by atoms with E-state index in [1.165, 1.54) is 23.5 Å². The molecule has 1 unspecified atom stereocenters. The molecule has 34 heavy (non-hydrogen) atoms. The summed E-state index contributed by atoms with van der Waals surface area (Å²) in [5.74, 6) is 0.858. The van der Waals surface area contributed by atoms with Crippen molar-refractivity contribution >= 4 is 33.1 Å². The molecule has 1 aliphatic rings. The van der Waals surface area contributed by atoms with Gasteiger partial charge in [0.15, 0.2) is 5.65 Å². The Hall–Kier alpha value is -3.59. The number of fused-ring (bicyclic) bond motifs is 2. The Bertz CT molecular complexity index is 1500. The number of likely N-dealkylation sites (tertiary alicyclic amines) is 1. The van der Waals surface area contributed by atoms with E-state index in [1.54, 1.807) is 12.1 Å². The zero-order valence-electron chi connectivity index (χ0n) is 18.7. The van der Waals surface area contributed by atoms with Gasteiger partial charge >= 0.3 is 0 Å². The third kappa shape index (κ3) is 3.66. The van der Waals surface area contributed by atoms with Crippen molar-refractivity contribution in [2.45, 2.75) is 32.2 Å². The molecule has 0 saturated carbocycles. The first-order valence-corrected chi connectivity index (χ1v) is 12.2. The number of hydrogen-bond donors (Lipinski definition) is 0. The van der Waals surface area contributed by atoms with Gasteiger partial charge in [-0.05, 0) is 55.7 Å². The van der Waals surface area contributed by atoms with Crippen LogP contribution < -0.4 is 0 Å². The molecule has 5 aromatic rings. The summed E-state index contributed by atoms with van der Waals surface area (Å²) in [7, 11) is 0. The first-order valence-electron chi connectivity index (χ1n) is 11.4. The van der Waals surface area contributed by atoms with Gasteiger partial charge in [0.2, 0.25) is 0 Å². The number of aryl methyl sites for hydroxylation is 1. The molecule has 1 amide bonds. The zero-order valence-corrected chi connectivity index (χ0v) is 19.5. The molecule has 0 N–H and O–H groups in total. The first kappa shape index (κ1) is 21.0. The van der Waals surface area contributed by atoms with Crippen molar-refractivity contribution in [3.63, 3.8) is 0 Å². The fourth-order valence-corrected chi connectivity index (χ4v) is 5.88. The quantitative estimate of drug-likeness (QED) is 0.380. The average molecular weight is 475 g/mol. The lowest BCUT2D eigenvalue weighted by Crippen LogP contribution is -2.39. The topological polar surface area (TPSA) is 68.3 Å². The van der Waals surface area contributed by atoms with Crippen molar-refractivity contribution in [1.82, 2.24) is 29.3 Å². The molecule has 1 atom stereocenters. The van der Waals surface area contributed by atoms with Gasteiger partial charge in [-0.2, -0.15) is 5.10 Å². The maximum Gasteiger partial charge on any atom is 0.264 e. The largest absolute Gasteiger partial charge is 0.337 e. The smallest absolute Gasteiger partial charge is 0.264 e. The van der Waals surface area contributed by atoms with Gasteiger partial charge in [0.1, 0.15) is 16.5 Å². The third-order valence-electron chi connectivity index (χ3n) is 6.48. The minimum atomic E-state index is -0.256. The molecule has 1 aromatic carbocycles.